The zero-order valence-corrected chi connectivity index (χ0v) is 14.6. The molecule has 0 saturated carbocycles. The van der Waals surface area contributed by atoms with Gasteiger partial charge in [-0.3, -0.25) is 9.48 Å². The van der Waals surface area contributed by atoms with Crippen molar-refractivity contribution in [3.8, 4) is 0 Å². The quantitative estimate of drug-likeness (QED) is 0.833. The lowest BCUT2D eigenvalue weighted by atomic mass is 9.98. The molecule has 2 aromatic rings. The lowest BCUT2D eigenvalue weighted by Crippen LogP contribution is -2.29. The molecule has 4 nitrogen and oxygen atoms in total. The fourth-order valence-corrected chi connectivity index (χ4v) is 3.55. The lowest BCUT2D eigenvalue weighted by Gasteiger charge is -2.17. The fourth-order valence-electron chi connectivity index (χ4n) is 3.55. The highest BCUT2D eigenvalue weighted by molar-refractivity contribution is 5.76. The molecular formula is C19H23F2N3O. The van der Waals surface area contributed by atoms with Crippen LogP contribution >= 0.6 is 0 Å². The summed E-state index contributed by atoms with van der Waals surface area (Å²) in [6.45, 7) is 5.85. The van der Waals surface area contributed by atoms with Crippen LogP contribution < -0.4 is 0 Å². The zero-order chi connectivity index (χ0) is 18.0. The Bertz CT molecular complexity index is 752. The van der Waals surface area contributed by atoms with Gasteiger partial charge in [-0.15, -0.1) is 0 Å². The number of carbonyl (C=O) groups is 1. The number of aromatic nitrogens is 2. The first-order valence-electron chi connectivity index (χ1n) is 8.64. The highest BCUT2D eigenvalue weighted by atomic mass is 19.1. The average Bonchev–Trinajstić information content (AvgIpc) is 3.10. The van der Waals surface area contributed by atoms with Crippen molar-refractivity contribution in [3.05, 3.63) is 52.9 Å². The maximum Gasteiger partial charge on any atom is 0.224 e. The molecule has 0 spiro atoms. The van der Waals surface area contributed by atoms with E-state index in [2.05, 4.69) is 5.10 Å². The number of carbonyl (C=O) groups excluding carboxylic acids is 1. The Morgan fingerprint density at radius 1 is 1.20 bits per heavy atom. The molecule has 0 N–H and O–H groups in total. The highest BCUT2D eigenvalue weighted by Gasteiger charge is 2.26. The Balaban J connectivity index is 1.51. The van der Waals surface area contributed by atoms with E-state index in [-0.39, 0.29) is 11.8 Å². The summed E-state index contributed by atoms with van der Waals surface area (Å²) < 4.78 is 28.4. The summed E-state index contributed by atoms with van der Waals surface area (Å²) in [6, 6.07) is 5.62. The van der Waals surface area contributed by atoms with E-state index in [0.717, 1.165) is 23.9 Å². The monoisotopic (exact) mass is 347 g/mol. The van der Waals surface area contributed by atoms with Crippen molar-refractivity contribution >= 4 is 5.91 Å². The predicted molar refractivity (Wildman–Crippen MR) is 91.1 cm³/mol. The van der Waals surface area contributed by atoms with Crippen LogP contribution in [0.25, 0.3) is 0 Å². The van der Waals surface area contributed by atoms with Crippen LogP contribution in [-0.4, -0.2) is 33.7 Å². The van der Waals surface area contributed by atoms with E-state index in [1.807, 2.05) is 29.5 Å². The van der Waals surface area contributed by atoms with Crippen molar-refractivity contribution in [2.75, 3.05) is 13.1 Å². The first-order valence-corrected chi connectivity index (χ1v) is 8.64. The molecule has 1 aliphatic heterocycles. The number of hydrogen-bond donors (Lipinski definition) is 0. The first kappa shape index (κ1) is 17.6. The molecule has 1 fully saturated rings. The summed E-state index contributed by atoms with van der Waals surface area (Å²) in [6.07, 6.45) is 1.88. The highest BCUT2D eigenvalue weighted by Crippen LogP contribution is 2.22. The van der Waals surface area contributed by atoms with E-state index < -0.39 is 11.6 Å². The third kappa shape index (κ3) is 4.44. The van der Waals surface area contributed by atoms with Gasteiger partial charge in [0.05, 0.1) is 5.69 Å². The molecule has 1 aliphatic rings. The molecule has 1 amide bonds. The third-order valence-corrected chi connectivity index (χ3v) is 4.73. The van der Waals surface area contributed by atoms with Crippen molar-refractivity contribution in [1.82, 2.24) is 14.7 Å². The van der Waals surface area contributed by atoms with Gasteiger partial charge in [0, 0.05) is 37.8 Å². The molecule has 1 saturated heterocycles. The number of aryl methyl sites for hydroxylation is 3. The Hall–Kier alpha value is -2.24. The normalized spacial score (nSPS) is 17.3. The Morgan fingerprint density at radius 3 is 2.56 bits per heavy atom. The van der Waals surface area contributed by atoms with Gasteiger partial charge in [-0.05, 0) is 56.4 Å². The van der Waals surface area contributed by atoms with Crippen LogP contribution in [-0.2, 0) is 17.8 Å². The molecule has 6 heteroatoms. The molecule has 1 aromatic heterocycles. The fraction of sp³-hybridized carbons (Fsp3) is 0.474. The van der Waals surface area contributed by atoms with Crippen molar-refractivity contribution in [1.29, 1.82) is 0 Å². The second-order valence-corrected chi connectivity index (χ2v) is 6.88. The smallest absolute Gasteiger partial charge is 0.224 e. The van der Waals surface area contributed by atoms with Crippen LogP contribution in [0.4, 0.5) is 8.78 Å². The maximum absolute atomic E-state index is 13.3. The largest absolute Gasteiger partial charge is 0.342 e. The SMILES string of the molecule is Cc1cc(C)n(CCC(=O)N2CCC(Cc3cc(F)cc(F)c3)C2)n1. The molecule has 1 atom stereocenters. The van der Waals surface area contributed by atoms with Gasteiger partial charge in [0.2, 0.25) is 5.91 Å². The molecule has 1 unspecified atom stereocenters. The number of nitrogens with zero attached hydrogens (tertiary/aromatic N) is 3. The molecule has 3 rings (SSSR count). The van der Waals surface area contributed by atoms with E-state index in [9.17, 15) is 13.6 Å². The minimum Gasteiger partial charge on any atom is -0.342 e. The Kier molecular flexibility index (Phi) is 5.16. The summed E-state index contributed by atoms with van der Waals surface area (Å²) in [5.74, 6) is -0.740. The van der Waals surface area contributed by atoms with E-state index in [4.69, 9.17) is 0 Å². The van der Waals surface area contributed by atoms with E-state index in [1.165, 1.54) is 12.1 Å². The van der Waals surface area contributed by atoms with Gasteiger partial charge in [0.25, 0.3) is 0 Å². The van der Waals surface area contributed by atoms with Gasteiger partial charge in [0.15, 0.2) is 0 Å². The lowest BCUT2D eigenvalue weighted by molar-refractivity contribution is -0.130. The zero-order valence-electron chi connectivity index (χ0n) is 14.6. The number of halogens is 2. The Labute approximate surface area is 146 Å². The van der Waals surface area contributed by atoms with Gasteiger partial charge in [-0.25, -0.2) is 8.78 Å². The molecule has 2 heterocycles. The number of rotatable bonds is 5. The number of likely N-dealkylation sites (tertiary alicyclic amines) is 1. The van der Waals surface area contributed by atoms with E-state index in [0.29, 0.717) is 38.0 Å². The van der Waals surface area contributed by atoms with Crippen molar-refractivity contribution < 1.29 is 13.6 Å². The van der Waals surface area contributed by atoms with Crippen molar-refractivity contribution in [2.45, 2.75) is 39.7 Å². The third-order valence-electron chi connectivity index (χ3n) is 4.73. The second-order valence-electron chi connectivity index (χ2n) is 6.88. The second kappa shape index (κ2) is 7.33. The van der Waals surface area contributed by atoms with E-state index >= 15 is 0 Å². The van der Waals surface area contributed by atoms with Crippen LogP contribution in [0.1, 0.15) is 29.8 Å². The van der Waals surface area contributed by atoms with Gasteiger partial charge in [-0.2, -0.15) is 5.10 Å². The molecule has 134 valence electrons. The minimum atomic E-state index is -0.550. The molecule has 1 aromatic carbocycles. The van der Waals surface area contributed by atoms with E-state index in [1.54, 1.807) is 0 Å². The minimum absolute atomic E-state index is 0.112. The van der Waals surface area contributed by atoms with Gasteiger partial charge >= 0.3 is 0 Å². The standard InChI is InChI=1S/C19H23F2N3O/c1-13-7-14(2)24(22-13)6-4-19(25)23-5-3-15(12-23)8-16-9-17(20)11-18(21)10-16/h7,9-11,15H,3-6,8,12H2,1-2H3. The Morgan fingerprint density at radius 2 is 1.92 bits per heavy atom. The molecule has 0 radical (unpaired) electrons. The summed E-state index contributed by atoms with van der Waals surface area (Å²) in [4.78, 5) is 14.3. The number of benzene rings is 1. The summed E-state index contributed by atoms with van der Waals surface area (Å²) in [5, 5.41) is 4.37. The van der Waals surface area contributed by atoms with Gasteiger partial charge in [-0.1, -0.05) is 0 Å². The summed E-state index contributed by atoms with van der Waals surface area (Å²) in [7, 11) is 0. The van der Waals surface area contributed by atoms with Crippen LogP contribution in [0.3, 0.4) is 0 Å². The average molecular weight is 347 g/mol. The maximum atomic E-state index is 13.3. The van der Waals surface area contributed by atoms with Crippen LogP contribution in [0, 0.1) is 31.4 Å². The van der Waals surface area contributed by atoms with Crippen molar-refractivity contribution in [2.24, 2.45) is 5.92 Å². The van der Waals surface area contributed by atoms with Crippen LogP contribution in [0.5, 0.6) is 0 Å². The topological polar surface area (TPSA) is 38.1 Å². The van der Waals surface area contributed by atoms with Gasteiger partial charge < -0.3 is 4.90 Å². The predicted octanol–water partition coefficient (Wildman–Crippen LogP) is 3.26. The molecular weight excluding hydrogens is 324 g/mol. The molecule has 0 bridgehead atoms. The molecule has 0 aliphatic carbocycles. The number of amides is 1. The van der Waals surface area contributed by atoms with Crippen LogP contribution in [0.15, 0.2) is 24.3 Å². The molecule has 25 heavy (non-hydrogen) atoms. The first-order chi connectivity index (χ1) is 11.9. The van der Waals surface area contributed by atoms with Crippen LogP contribution in [0.2, 0.25) is 0 Å². The number of hydrogen-bond acceptors (Lipinski definition) is 2. The van der Waals surface area contributed by atoms with Gasteiger partial charge in [0.1, 0.15) is 11.6 Å². The van der Waals surface area contributed by atoms with Crippen molar-refractivity contribution in [3.63, 3.8) is 0 Å². The summed E-state index contributed by atoms with van der Waals surface area (Å²) in [5.41, 5.74) is 2.66. The summed E-state index contributed by atoms with van der Waals surface area (Å²) >= 11 is 0.